The van der Waals surface area contributed by atoms with E-state index in [1.807, 2.05) is 0 Å². The molecule has 1 aliphatic heterocycles. The maximum Gasteiger partial charge on any atom is 0.246 e. The molecule has 1 aromatic rings. The van der Waals surface area contributed by atoms with Gasteiger partial charge in [0, 0.05) is 26.3 Å². The highest BCUT2D eigenvalue weighted by molar-refractivity contribution is 5.98. The Balaban J connectivity index is 0.00000180. The lowest BCUT2D eigenvalue weighted by Crippen LogP contribution is -2.55. The molecule has 7 nitrogen and oxygen atoms in total. The van der Waals surface area contributed by atoms with E-state index < -0.39 is 6.04 Å². The number of carbonyl (C=O) groups excluding carboxylic acids is 2. The largest absolute Gasteiger partial charge is 0.330 e. The minimum absolute atomic E-state index is 0. The maximum absolute atomic E-state index is 12.0. The van der Waals surface area contributed by atoms with Gasteiger partial charge in [0.05, 0.1) is 17.9 Å². The monoisotopic (exact) mass is 287 g/mol. The first-order valence-corrected chi connectivity index (χ1v) is 5.82. The van der Waals surface area contributed by atoms with Crippen molar-refractivity contribution in [2.24, 2.45) is 12.8 Å². The molecule has 1 aromatic heterocycles. The SMILES string of the molecule is C[C@@H](N)C(=O)N1CCN(c2cnn(C)c2)C(=O)C1.Cl. The zero-order valence-corrected chi connectivity index (χ0v) is 11.8. The fourth-order valence-corrected chi connectivity index (χ4v) is 1.97. The molecule has 0 aliphatic carbocycles. The Morgan fingerprint density at radius 3 is 2.63 bits per heavy atom. The van der Waals surface area contributed by atoms with Gasteiger partial charge in [0.1, 0.15) is 6.54 Å². The number of halogens is 1. The fourth-order valence-electron chi connectivity index (χ4n) is 1.97. The van der Waals surface area contributed by atoms with Crippen molar-refractivity contribution in [2.45, 2.75) is 13.0 Å². The molecule has 0 aromatic carbocycles. The van der Waals surface area contributed by atoms with E-state index in [1.54, 1.807) is 35.9 Å². The Labute approximate surface area is 117 Å². The number of rotatable bonds is 2. The van der Waals surface area contributed by atoms with Crippen molar-refractivity contribution in [3.63, 3.8) is 0 Å². The molecule has 2 rings (SSSR count). The van der Waals surface area contributed by atoms with Crippen LogP contribution in [0.1, 0.15) is 6.92 Å². The molecule has 19 heavy (non-hydrogen) atoms. The normalized spacial score (nSPS) is 17.1. The lowest BCUT2D eigenvalue weighted by molar-refractivity contribution is -0.137. The number of hydrogen-bond acceptors (Lipinski definition) is 4. The molecule has 1 aliphatic rings. The molecule has 2 N–H and O–H groups in total. The third kappa shape index (κ3) is 3.24. The van der Waals surface area contributed by atoms with Crippen LogP contribution in [0.25, 0.3) is 0 Å². The molecule has 8 heteroatoms. The third-order valence-electron chi connectivity index (χ3n) is 2.92. The predicted molar refractivity (Wildman–Crippen MR) is 73.0 cm³/mol. The smallest absolute Gasteiger partial charge is 0.246 e. The Hall–Kier alpha value is -1.60. The molecule has 0 spiro atoms. The molecule has 0 unspecified atom stereocenters. The summed E-state index contributed by atoms with van der Waals surface area (Å²) >= 11 is 0. The summed E-state index contributed by atoms with van der Waals surface area (Å²) in [5.41, 5.74) is 6.29. The summed E-state index contributed by atoms with van der Waals surface area (Å²) in [5, 5.41) is 4.03. The predicted octanol–water partition coefficient (Wildman–Crippen LogP) is -0.636. The summed E-state index contributed by atoms with van der Waals surface area (Å²) in [7, 11) is 1.80. The second-order valence-electron chi connectivity index (χ2n) is 4.47. The second kappa shape index (κ2) is 6.03. The summed E-state index contributed by atoms with van der Waals surface area (Å²) in [5.74, 6) is -0.294. The number of aromatic nitrogens is 2. The van der Waals surface area contributed by atoms with Crippen molar-refractivity contribution >= 4 is 29.9 Å². The van der Waals surface area contributed by atoms with Gasteiger partial charge in [-0.25, -0.2) is 0 Å². The van der Waals surface area contributed by atoms with Gasteiger partial charge in [-0.05, 0) is 6.92 Å². The number of hydrogen-bond donors (Lipinski definition) is 1. The van der Waals surface area contributed by atoms with Crippen LogP contribution in [0.4, 0.5) is 5.69 Å². The average Bonchev–Trinajstić information content (AvgIpc) is 2.74. The van der Waals surface area contributed by atoms with Crippen molar-refractivity contribution < 1.29 is 9.59 Å². The first kappa shape index (κ1) is 15.5. The lowest BCUT2D eigenvalue weighted by Gasteiger charge is -2.34. The summed E-state index contributed by atoms with van der Waals surface area (Å²) in [6.45, 7) is 2.68. The van der Waals surface area contributed by atoms with Crippen LogP contribution in [0, 0.1) is 0 Å². The Morgan fingerprint density at radius 1 is 1.47 bits per heavy atom. The van der Waals surface area contributed by atoms with Crippen LogP contribution in [0.2, 0.25) is 0 Å². The molecule has 106 valence electrons. The van der Waals surface area contributed by atoms with E-state index in [0.717, 1.165) is 5.69 Å². The molecule has 1 atom stereocenters. The molecule has 1 fully saturated rings. The number of nitrogens with zero attached hydrogens (tertiary/aromatic N) is 4. The molecular weight excluding hydrogens is 270 g/mol. The first-order chi connectivity index (χ1) is 8.49. The molecular formula is C11H18ClN5O2. The summed E-state index contributed by atoms with van der Waals surface area (Å²) in [4.78, 5) is 26.8. The molecule has 2 heterocycles. The average molecular weight is 288 g/mol. The molecule has 0 bridgehead atoms. The van der Waals surface area contributed by atoms with Gasteiger partial charge in [-0.2, -0.15) is 5.10 Å². The van der Waals surface area contributed by atoms with Crippen molar-refractivity contribution in [2.75, 3.05) is 24.5 Å². The van der Waals surface area contributed by atoms with Gasteiger partial charge in [0.15, 0.2) is 0 Å². The van der Waals surface area contributed by atoms with Crippen LogP contribution >= 0.6 is 12.4 Å². The minimum atomic E-state index is -0.567. The van der Waals surface area contributed by atoms with Crippen LogP contribution in [-0.2, 0) is 16.6 Å². The standard InChI is InChI=1S/C11H17N5O2.ClH/c1-8(12)11(18)15-3-4-16(10(17)7-15)9-5-13-14(2)6-9;/h5-6,8H,3-4,7,12H2,1-2H3;1H/t8-;/m1./s1. The van der Waals surface area contributed by atoms with Crippen LogP contribution in [0.5, 0.6) is 0 Å². The highest BCUT2D eigenvalue weighted by Gasteiger charge is 2.29. The number of piperazine rings is 1. The molecule has 0 radical (unpaired) electrons. The van der Waals surface area contributed by atoms with Crippen molar-refractivity contribution in [1.82, 2.24) is 14.7 Å². The lowest BCUT2D eigenvalue weighted by atomic mass is 10.2. The first-order valence-electron chi connectivity index (χ1n) is 5.82. The van der Waals surface area contributed by atoms with E-state index in [4.69, 9.17) is 5.73 Å². The van der Waals surface area contributed by atoms with E-state index in [0.29, 0.717) is 13.1 Å². The zero-order valence-electron chi connectivity index (χ0n) is 10.9. The maximum atomic E-state index is 12.0. The topological polar surface area (TPSA) is 84.5 Å². The van der Waals surface area contributed by atoms with E-state index in [1.165, 1.54) is 4.90 Å². The van der Waals surface area contributed by atoms with E-state index in [9.17, 15) is 9.59 Å². The Bertz CT molecular complexity index is 473. The highest BCUT2D eigenvalue weighted by atomic mass is 35.5. The van der Waals surface area contributed by atoms with Gasteiger partial charge in [-0.1, -0.05) is 0 Å². The van der Waals surface area contributed by atoms with Crippen LogP contribution in [-0.4, -0.2) is 52.2 Å². The Morgan fingerprint density at radius 2 is 2.16 bits per heavy atom. The summed E-state index contributed by atoms with van der Waals surface area (Å²) < 4.78 is 1.64. The van der Waals surface area contributed by atoms with Crippen molar-refractivity contribution in [3.05, 3.63) is 12.4 Å². The Kier molecular flexibility index (Phi) is 4.90. The number of nitrogens with two attached hydrogens (primary N) is 1. The molecule has 0 saturated carbocycles. The molecule has 1 saturated heterocycles. The van der Waals surface area contributed by atoms with Gasteiger partial charge in [-0.3, -0.25) is 14.3 Å². The molecule has 2 amide bonds. The fraction of sp³-hybridized carbons (Fsp3) is 0.545. The highest BCUT2D eigenvalue weighted by Crippen LogP contribution is 2.16. The third-order valence-corrected chi connectivity index (χ3v) is 2.92. The quantitative estimate of drug-likeness (QED) is 0.784. The van der Waals surface area contributed by atoms with Crippen molar-refractivity contribution in [1.29, 1.82) is 0 Å². The number of amides is 2. The van der Waals surface area contributed by atoms with Crippen molar-refractivity contribution in [3.8, 4) is 0 Å². The second-order valence-corrected chi connectivity index (χ2v) is 4.47. The van der Waals surface area contributed by atoms with Gasteiger partial charge in [0.2, 0.25) is 11.8 Å². The van der Waals surface area contributed by atoms with Crippen LogP contribution < -0.4 is 10.6 Å². The van der Waals surface area contributed by atoms with E-state index >= 15 is 0 Å². The summed E-state index contributed by atoms with van der Waals surface area (Å²) in [6, 6.07) is -0.567. The van der Waals surface area contributed by atoms with E-state index in [2.05, 4.69) is 5.10 Å². The minimum Gasteiger partial charge on any atom is -0.330 e. The van der Waals surface area contributed by atoms with Gasteiger partial charge < -0.3 is 15.5 Å². The van der Waals surface area contributed by atoms with Crippen LogP contribution in [0.3, 0.4) is 0 Å². The van der Waals surface area contributed by atoms with Gasteiger partial charge in [0.25, 0.3) is 0 Å². The van der Waals surface area contributed by atoms with Gasteiger partial charge in [-0.15, -0.1) is 12.4 Å². The zero-order chi connectivity index (χ0) is 13.3. The van der Waals surface area contributed by atoms with Gasteiger partial charge >= 0.3 is 0 Å². The van der Waals surface area contributed by atoms with E-state index in [-0.39, 0.29) is 30.8 Å². The number of anilines is 1. The summed E-state index contributed by atoms with van der Waals surface area (Å²) in [6.07, 6.45) is 3.42. The van der Waals surface area contributed by atoms with Crippen LogP contribution in [0.15, 0.2) is 12.4 Å². The number of carbonyl (C=O) groups is 2. The number of aryl methyl sites for hydroxylation is 1.